The van der Waals surface area contributed by atoms with Crippen LogP contribution in [-0.2, 0) is 6.42 Å². The van der Waals surface area contributed by atoms with Gasteiger partial charge in [0.1, 0.15) is 5.82 Å². The summed E-state index contributed by atoms with van der Waals surface area (Å²) in [4.78, 5) is 0. The number of halogens is 4. The highest BCUT2D eigenvalue weighted by molar-refractivity contribution is 9.10. The number of alkyl halides is 3. The second kappa shape index (κ2) is 5.58. The van der Waals surface area contributed by atoms with Gasteiger partial charge in [-0.05, 0) is 48.0 Å². The Morgan fingerprint density at radius 3 is 2.65 bits per heavy atom. The summed E-state index contributed by atoms with van der Waals surface area (Å²) in [6.45, 7) is 5.93. The Morgan fingerprint density at radius 1 is 1.45 bits per heavy atom. The molecular formula is C13H19BrF3N3. The quantitative estimate of drug-likeness (QED) is 0.864. The van der Waals surface area contributed by atoms with E-state index < -0.39 is 12.2 Å². The summed E-state index contributed by atoms with van der Waals surface area (Å²) in [6, 6.07) is -1.77. The Balaban J connectivity index is 2.34. The molecule has 2 heterocycles. The lowest BCUT2D eigenvalue weighted by atomic mass is 10.1. The van der Waals surface area contributed by atoms with Crippen LogP contribution in [0.1, 0.15) is 45.3 Å². The fraction of sp³-hybridized carbons (Fsp3) is 0.769. The number of nitrogens with one attached hydrogen (secondary N) is 1. The third kappa shape index (κ3) is 3.13. The van der Waals surface area contributed by atoms with E-state index in [-0.39, 0.29) is 12.5 Å². The highest BCUT2D eigenvalue weighted by Crippen LogP contribution is 2.42. The minimum Gasteiger partial charge on any atom is -0.367 e. The monoisotopic (exact) mass is 353 g/mol. The number of fused-ring (bicyclic) bond motifs is 1. The summed E-state index contributed by atoms with van der Waals surface area (Å²) in [5.74, 6) is 0.941. The first-order valence-electron chi connectivity index (χ1n) is 6.80. The van der Waals surface area contributed by atoms with Crippen molar-refractivity contribution in [1.82, 2.24) is 9.78 Å². The van der Waals surface area contributed by atoms with Crippen LogP contribution < -0.4 is 5.32 Å². The lowest BCUT2D eigenvalue weighted by Crippen LogP contribution is -2.38. The molecule has 0 saturated carbocycles. The van der Waals surface area contributed by atoms with Gasteiger partial charge in [-0.1, -0.05) is 13.8 Å². The van der Waals surface area contributed by atoms with Crippen LogP contribution in [0.15, 0.2) is 4.47 Å². The fourth-order valence-electron chi connectivity index (χ4n) is 2.40. The summed E-state index contributed by atoms with van der Waals surface area (Å²) in [5, 5.41) is 7.28. The largest absolute Gasteiger partial charge is 0.410 e. The van der Waals surface area contributed by atoms with Crippen molar-refractivity contribution < 1.29 is 13.2 Å². The van der Waals surface area contributed by atoms with Crippen molar-refractivity contribution in [2.75, 3.05) is 5.32 Å². The Bertz CT molecular complexity index is 482. The third-order valence-electron chi connectivity index (χ3n) is 3.51. The van der Waals surface area contributed by atoms with Crippen molar-refractivity contribution in [1.29, 1.82) is 0 Å². The number of aromatic nitrogens is 2. The molecule has 1 aromatic heterocycles. The molecule has 1 aromatic rings. The summed E-state index contributed by atoms with van der Waals surface area (Å²) < 4.78 is 41.2. The molecule has 2 rings (SSSR count). The summed E-state index contributed by atoms with van der Waals surface area (Å²) in [6.07, 6.45) is -2.68. The van der Waals surface area contributed by atoms with E-state index in [2.05, 4.69) is 40.2 Å². The molecule has 2 unspecified atom stereocenters. The minimum atomic E-state index is -4.27. The number of aryl methyl sites for hydroxylation is 1. The smallest absolute Gasteiger partial charge is 0.367 e. The maximum Gasteiger partial charge on any atom is 0.410 e. The van der Waals surface area contributed by atoms with E-state index in [9.17, 15) is 13.2 Å². The number of rotatable bonds is 3. The van der Waals surface area contributed by atoms with E-state index in [0.29, 0.717) is 28.3 Å². The van der Waals surface area contributed by atoms with Crippen LogP contribution in [0.2, 0.25) is 0 Å². The van der Waals surface area contributed by atoms with Gasteiger partial charge < -0.3 is 5.32 Å². The van der Waals surface area contributed by atoms with Crippen LogP contribution in [0.5, 0.6) is 0 Å². The van der Waals surface area contributed by atoms with Crippen LogP contribution in [0.3, 0.4) is 0 Å². The molecule has 0 radical (unpaired) electrons. The van der Waals surface area contributed by atoms with Gasteiger partial charge in [0.2, 0.25) is 0 Å². The molecule has 0 aromatic carbocycles. The summed E-state index contributed by atoms with van der Waals surface area (Å²) in [7, 11) is 0. The first-order chi connectivity index (χ1) is 9.20. The van der Waals surface area contributed by atoms with Gasteiger partial charge in [0, 0.05) is 6.04 Å². The van der Waals surface area contributed by atoms with E-state index in [4.69, 9.17) is 0 Å². The van der Waals surface area contributed by atoms with Gasteiger partial charge in [0.05, 0.1) is 10.2 Å². The van der Waals surface area contributed by atoms with E-state index >= 15 is 0 Å². The van der Waals surface area contributed by atoms with Crippen LogP contribution >= 0.6 is 15.9 Å². The average Bonchev–Trinajstić information content (AvgIpc) is 2.62. The SMILES string of the molecule is CC(C)CCc1nn2c(c1Br)NC(C)CC2C(F)(F)F. The predicted molar refractivity (Wildman–Crippen MR) is 75.9 cm³/mol. The van der Waals surface area contributed by atoms with Gasteiger partial charge in [0.25, 0.3) is 0 Å². The lowest BCUT2D eigenvalue weighted by Gasteiger charge is -2.31. The van der Waals surface area contributed by atoms with Crippen molar-refractivity contribution in [2.24, 2.45) is 5.92 Å². The predicted octanol–water partition coefficient (Wildman–Crippen LogP) is 4.54. The van der Waals surface area contributed by atoms with Crippen molar-refractivity contribution >= 4 is 21.7 Å². The molecule has 3 nitrogen and oxygen atoms in total. The average molecular weight is 354 g/mol. The highest BCUT2D eigenvalue weighted by Gasteiger charge is 2.46. The van der Waals surface area contributed by atoms with Gasteiger partial charge in [-0.25, -0.2) is 4.68 Å². The van der Waals surface area contributed by atoms with E-state index in [1.54, 1.807) is 6.92 Å². The standard InChI is InChI=1S/C13H19BrF3N3/c1-7(2)4-5-9-11(14)12-18-8(3)6-10(13(15,16)17)20(12)19-9/h7-8,10,18H,4-6H2,1-3H3. The van der Waals surface area contributed by atoms with Crippen molar-refractivity contribution in [3.8, 4) is 0 Å². The van der Waals surface area contributed by atoms with E-state index in [0.717, 1.165) is 11.1 Å². The summed E-state index contributed by atoms with van der Waals surface area (Å²) >= 11 is 3.40. The van der Waals surface area contributed by atoms with Crippen molar-refractivity contribution in [2.45, 2.75) is 58.3 Å². The highest BCUT2D eigenvalue weighted by atomic mass is 79.9. The van der Waals surface area contributed by atoms with Crippen molar-refractivity contribution in [3.05, 3.63) is 10.2 Å². The van der Waals surface area contributed by atoms with Gasteiger partial charge in [-0.3, -0.25) is 0 Å². The van der Waals surface area contributed by atoms with E-state index in [1.165, 1.54) is 0 Å². The van der Waals surface area contributed by atoms with E-state index in [1.807, 2.05) is 0 Å². The maximum absolute atomic E-state index is 13.1. The second-order valence-corrected chi connectivity index (χ2v) is 6.62. The molecule has 0 fully saturated rings. The van der Waals surface area contributed by atoms with Gasteiger partial charge in [-0.15, -0.1) is 0 Å². The maximum atomic E-state index is 13.1. The van der Waals surface area contributed by atoms with Crippen LogP contribution in [0, 0.1) is 5.92 Å². The molecule has 20 heavy (non-hydrogen) atoms. The third-order valence-corrected chi connectivity index (χ3v) is 4.34. The zero-order valence-electron chi connectivity index (χ0n) is 11.8. The zero-order chi connectivity index (χ0) is 15.1. The number of hydrogen-bond acceptors (Lipinski definition) is 2. The Kier molecular flexibility index (Phi) is 4.37. The number of hydrogen-bond donors (Lipinski definition) is 1. The molecule has 0 saturated heterocycles. The fourth-order valence-corrected chi connectivity index (χ4v) is 2.97. The minimum absolute atomic E-state index is 0.00818. The van der Waals surface area contributed by atoms with Crippen LogP contribution in [-0.4, -0.2) is 22.0 Å². The Hall–Kier alpha value is -0.720. The Morgan fingerprint density at radius 2 is 2.10 bits per heavy atom. The first kappa shape index (κ1) is 15.7. The van der Waals surface area contributed by atoms with Crippen molar-refractivity contribution in [3.63, 3.8) is 0 Å². The van der Waals surface area contributed by atoms with Crippen LogP contribution in [0.4, 0.5) is 19.0 Å². The molecule has 0 bridgehead atoms. The molecule has 1 aliphatic heterocycles. The lowest BCUT2D eigenvalue weighted by molar-refractivity contribution is -0.173. The molecule has 1 N–H and O–H groups in total. The van der Waals surface area contributed by atoms with Crippen LogP contribution in [0.25, 0.3) is 0 Å². The molecular weight excluding hydrogens is 335 g/mol. The first-order valence-corrected chi connectivity index (χ1v) is 7.59. The molecule has 7 heteroatoms. The second-order valence-electron chi connectivity index (χ2n) is 5.82. The van der Waals surface area contributed by atoms with Gasteiger partial charge in [0.15, 0.2) is 6.04 Å². The zero-order valence-corrected chi connectivity index (χ0v) is 13.3. The van der Waals surface area contributed by atoms with Gasteiger partial charge in [-0.2, -0.15) is 18.3 Å². The Labute approximate surface area is 125 Å². The molecule has 1 aliphatic rings. The molecule has 114 valence electrons. The molecule has 0 amide bonds. The van der Waals surface area contributed by atoms with Gasteiger partial charge >= 0.3 is 6.18 Å². The molecule has 0 aliphatic carbocycles. The number of anilines is 1. The molecule has 2 atom stereocenters. The normalized spacial score (nSPS) is 22.8. The summed E-state index contributed by atoms with van der Waals surface area (Å²) in [5.41, 5.74) is 0.699. The number of nitrogens with zero attached hydrogens (tertiary/aromatic N) is 2. The topological polar surface area (TPSA) is 29.9 Å². The molecule has 0 spiro atoms.